The molecule has 3 N–H and O–H groups in total. The van der Waals surface area contributed by atoms with Gasteiger partial charge in [0.2, 0.25) is 5.91 Å². The number of hydrogen-bond acceptors (Lipinski definition) is 3. The Morgan fingerprint density at radius 2 is 1.84 bits per heavy atom. The molecule has 0 aliphatic rings. The molecule has 6 heteroatoms. The molecule has 1 unspecified atom stereocenters. The van der Waals surface area contributed by atoms with Gasteiger partial charge in [0.05, 0.1) is 0 Å². The summed E-state index contributed by atoms with van der Waals surface area (Å²) in [6.45, 7) is 2.22. The highest BCUT2D eigenvalue weighted by Crippen LogP contribution is 2.12. The fourth-order valence-electron chi connectivity index (χ4n) is 2.34. The third-order valence-corrected chi connectivity index (χ3v) is 3.75. The van der Waals surface area contributed by atoms with Gasteiger partial charge in [-0.3, -0.25) is 9.59 Å². The molecule has 2 rings (SSSR count). The molecule has 2 amide bonds. The number of hydrogen-bond donors (Lipinski definition) is 3. The van der Waals surface area contributed by atoms with Gasteiger partial charge in [-0.2, -0.15) is 0 Å². The van der Waals surface area contributed by atoms with Crippen molar-refractivity contribution in [3.05, 3.63) is 65.5 Å². The molecular formula is C19H22FN3O2. The van der Waals surface area contributed by atoms with Crippen LogP contribution in [0.15, 0.2) is 48.5 Å². The summed E-state index contributed by atoms with van der Waals surface area (Å²) in [4.78, 5) is 23.8. The van der Waals surface area contributed by atoms with E-state index < -0.39 is 6.04 Å². The Bertz CT molecular complexity index is 732. The van der Waals surface area contributed by atoms with Crippen LogP contribution >= 0.6 is 0 Å². The van der Waals surface area contributed by atoms with Crippen molar-refractivity contribution < 1.29 is 14.0 Å². The zero-order chi connectivity index (χ0) is 18.2. The van der Waals surface area contributed by atoms with E-state index in [4.69, 9.17) is 0 Å². The minimum absolute atomic E-state index is 0.146. The molecule has 0 fully saturated rings. The van der Waals surface area contributed by atoms with Gasteiger partial charge >= 0.3 is 0 Å². The number of amides is 2. The molecule has 0 bridgehead atoms. The molecule has 0 aliphatic heterocycles. The average Bonchev–Trinajstić information content (AvgIpc) is 2.62. The van der Waals surface area contributed by atoms with Crippen LogP contribution in [0.4, 0.5) is 10.1 Å². The van der Waals surface area contributed by atoms with Crippen molar-refractivity contribution >= 4 is 17.5 Å². The molecule has 1 atom stereocenters. The first-order chi connectivity index (χ1) is 12.0. The van der Waals surface area contributed by atoms with E-state index in [0.717, 1.165) is 5.56 Å². The normalized spacial score (nSPS) is 11.5. The summed E-state index contributed by atoms with van der Waals surface area (Å²) >= 11 is 0. The average molecular weight is 343 g/mol. The Balaban J connectivity index is 1.83. The molecule has 25 heavy (non-hydrogen) atoms. The molecule has 132 valence electrons. The first-order valence-corrected chi connectivity index (χ1v) is 8.10. The molecule has 0 radical (unpaired) electrons. The maximum absolute atomic E-state index is 12.8. The number of anilines is 1. The predicted molar refractivity (Wildman–Crippen MR) is 96.0 cm³/mol. The predicted octanol–water partition coefficient (Wildman–Crippen LogP) is 2.34. The lowest BCUT2D eigenvalue weighted by Crippen LogP contribution is -2.38. The lowest BCUT2D eigenvalue weighted by Gasteiger charge is -2.16. The minimum Gasteiger partial charge on any atom is -0.374 e. The van der Waals surface area contributed by atoms with E-state index in [1.54, 1.807) is 50.4 Å². The number of nitrogens with one attached hydrogen (secondary N) is 3. The number of carbonyl (C=O) groups excluding carboxylic acids is 2. The second-order valence-electron chi connectivity index (χ2n) is 5.69. The highest BCUT2D eigenvalue weighted by Gasteiger charge is 2.13. The summed E-state index contributed by atoms with van der Waals surface area (Å²) in [6.07, 6.45) is 0.630. The van der Waals surface area contributed by atoms with Crippen molar-refractivity contribution in [3.63, 3.8) is 0 Å². The monoisotopic (exact) mass is 343 g/mol. The van der Waals surface area contributed by atoms with Crippen LogP contribution in [0.3, 0.4) is 0 Å². The Morgan fingerprint density at radius 1 is 1.12 bits per heavy atom. The van der Waals surface area contributed by atoms with Crippen molar-refractivity contribution in [1.29, 1.82) is 0 Å². The molecule has 0 spiro atoms. The van der Waals surface area contributed by atoms with Gasteiger partial charge in [-0.15, -0.1) is 0 Å². The third kappa shape index (κ3) is 5.60. The largest absolute Gasteiger partial charge is 0.374 e. The third-order valence-electron chi connectivity index (χ3n) is 3.75. The summed E-state index contributed by atoms with van der Waals surface area (Å²) in [5.41, 5.74) is 2.18. The number of halogens is 1. The maximum atomic E-state index is 12.8. The number of carbonyl (C=O) groups is 2. The van der Waals surface area contributed by atoms with E-state index in [9.17, 15) is 14.0 Å². The fourth-order valence-corrected chi connectivity index (χ4v) is 2.34. The lowest BCUT2D eigenvalue weighted by molar-refractivity contribution is -0.121. The molecule has 0 saturated heterocycles. The Kier molecular flexibility index (Phi) is 6.51. The summed E-state index contributed by atoms with van der Waals surface area (Å²) in [7, 11) is 1.57. The van der Waals surface area contributed by atoms with Crippen LogP contribution < -0.4 is 16.0 Å². The highest BCUT2D eigenvalue weighted by atomic mass is 19.1. The van der Waals surface area contributed by atoms with Gasteiger partial charge < -0.3 is 16.0 Å². The number of benzene rings is 2. The number of rotatable bonds is 7. The maximum Gasteiger partial charge on any atom is 0.251 e. The van der Waals surface area contributed by atoms with E-state index >= 15 is 0 Å². The molecule has 0 heterocycles. The zero-order valence-corrected chi connectivity index (χ0v) is 14.3. The molecule has 2 aromatic carbocycles. The summed E-state index contributed by atoms with van der Waals surface area (Å²) in [5.74, 6) is -0.600. The van der Waals surface area contributed by atoms with Gasteiger partial charge in [0.1, 0.15) is 11.9 Å². The molecule has 0 saturated carbocycles. The molecule has 0 aromatic heterocycles. The molecule has 2 aromatic rings. The van der Waals surface area contributed by atoms with Gasteiger partial charge in [-0.25, -0.2) is 4.39 Å². The molecule has 5 nitrogen and oxygen atoms in total. The second kappa shape index (κ2) is 8.82. The van der Waals surface area contributed by atoms with E-state index in [2.05, 4.69) is 16.0 Å². The zero-order valence-electron chi connectivity index (χ0n) is 14.3. The van der Waals surface area contributed by atoms with Gasteiger partial charge in [0.25, 0.3) is 5.91 Å². The molecule has 0 aliphatic carbocycles. The van der Waals surface area contributed by atoms with Crippen LogP contribution in [0.5, 0.6) is 0 Å². The van der Waals surface area contributed by atoms with Crippen molar-refractivity contribution in [2.24, 2.45) is 0 Å². The fraction of sp³-hybridized carbons (Fsp3) is 0.263. The van der Waals surface area contributed by atoms with Crippen LogP contribution in [-0.2, 0) is 11.2 Å². The summed E-state index contributed by atoms with van der Waals surface area (Å²) in [6, 6.07) is 12.7. The van der Waals surface area contributed by atoms with Crippen molar-refractivity contribution in [3.8, 4) is 0 Å². The van der Waals surface area contributed by atoms with E-state index in [1.807, 2.05) is 0 Å². The van der Waals surface area contributed by atoms with Crippen LogP contribution in [0, 0.1) is 5.82 Å². The highest BCUT2D eigenvalue weighted by molar-refractivity contribution is 5.95. The summed E-state index contributed by atoms with van der Waals surface area (Å²) < 4.78 is 12.8. The smallest absolute Gasteiger partial charge is 0.251 e. The molecular weight excluding hydrogens is 321 g/mol. The summed E-state index contributed by atoms with van der Waals surface area (Å²) in [5, 5.41) is 8.48. The van der Waals surface area contributed by atoms with E-state index in [-0.39, 0.29) is 17.6 Å². The van der Waals surface area contributed by atoms with Crippen LogP contribution in [0.2, 0.25) is 0 Å². The first kappa shape index (κ1) is 18.4. The second-order valence-corrected chi connectivity index (χ2v) is 5.69. The Labute approximate surface area is 146 Å². The minimum atomic E-state index is -0.451. The standard InChI is InChI=1S/C19H22FN3O2/c1-13(23-17-5-3-4-15(12-17)19(25)21-2)18(24)22-11-10-14-6-8-16(20)9-7-14/h3-9,12-13,23H,10-11H2,1-2H3,(H,21,25)(H,22,24). The Hall–Kier alpha value is -2.89. The van der Waals surface area contributed by atoms with Gasteiger partial charge in [-0.05, 0) is 49.2 Å². The quantitative estimate of drug-likeness (QED) is 0.723. The SMILES string of the molecule is CNC(=O)c1cccc(NC(C)C(=O)NCCc2ccc(F)cc2)c1. The van der Waals surface area contributed by atoms with Crippen molar-refractivity contribution in [1.82, 2.24) is 10.6 Å². The Morgan fingerprint density at radius 3 is 2.52 bits per heavy atom. The first-order valence-electron chi connectivity index (χ1n) is 8.10. The van der Waals surface area contributed by atoms with Crippen molar-refractivity contribution in [2.45, 2.75) is 19.4 Å². The van der Waals surface area contributed by atoms with E-state index in [0.29, 0.717) is 24.2 Å². The topological polar surface area (TPSA) is 70.2 Å². The van der Waals surface area contributed by atoms with Gasteiger partial charge in [0.15, 0.2) is 0 Å². The van der Waals surface area contributed by atoms with Crippen LogP contribution in [0.1, 0.15) is 22.8 Å². The van der Waals surface area contributed by atoms with E-state index in [1.165, 1.54) is 12.1 Å². The van der Waals surface area contributed by atoms with Crippen molar-refractivity contribution in [2.75, 3.05) is 18.9 Å². The lowest BCUT2D eigenvalue weighted by atomic mass is 10.1. The van der Waals surface area contributed by atoms with Crippen LogP contribution in [-0.4, -0.2) is 31.4 Å². The van der Waals surface area contributed by atoms with Gasteiger partial charge in [0, 0.05) is 24.8 Å². The van der Waals surface area contributed by atoms with Crippen LogP contribution in [0.25, 0.3) is 0 Å². The van der Waals surface area contributed by atoms with Gasteiger partial charge in [-0.1, -0.05) is 18.2 Å².